The molecule has 0 bridgehead atoms. The number of aliphatic hydroxyl groups excluding tert-OH is 4. The third-order valence-electron chi connectivity index (χ3n) is 7.13. The number of hydrogen-bond donors (Lipinski definition) is 5. The monoisotopic (exact) mass is 539 g/mol. The molecule has 1 amide bonds. The van der Waals surface area contributed by atoms with Crippen LogP contribution in [0, 0.1) is 0 Å². The lowest BCUT2D eigenvalue weighted by Gasteiger charge is -2.27. The zero-order chi connectivity index (χ0) is 28.3. The van der Waals surface area contributed by atoms with E-state index < -0.39 is 36.9 Å². The Bertz CT molecular complexity index is 580. The molecule has 0 radical (unpaired) electrons. The molecule has 0 aliphatic rings. The van der Waals surface area contributed by atoms with Crippen molar-refractivity contribution in [3.05, 3.63) is 24.3 Å². The Balaban J connectivity index is 3.98. The van der Waals surface area contributed by atoms with Gasteiger partial charge in [-0.15, -0.1) is 0 Å². The highest BCUT2D eigenvalue weighted by atomic mass is 16.3. The second kappa shape index (κ2) is 27.4. The molecule has 0 spiro atoms. The average Bonchev–Trinajstić information content (AvgIpc) is 2.92. The number of carbonyl (C=O) groups is 1. The van der Waals surface area contributed by atoms with Crippen molar-refractivity contribution < 1.29 is 25.2 Å². The number of unbranched alkanes of at least 4 members (excludes halogenated alkanes) is 14. The molecule has 6 nitrogen and oxygen atoms in total. The maximum atomic E-state index is 12.3. The van der Waals surface area contributed by atoms with Crippen LogP contribution in [0.4, 0.5) is 0 Å². The highest BCUT2D eigenvalue weighted by Gasteiger charge is 2.28. The Morgan fingerprint density at radius 1 is 0.632 bits per heavy atom. The van der Waals surface area contributed by atoms with Gasteiger partial charge in [0.25, 0.3) is 0 Å². The summed E-state index contributed by atoms with van der Waals surface area (Å²) in [4.78, 5) is 12.3. The quantitative estimate of drug-likeness (QED) is 0.0604. The third-order valence-corrected chi connectivity index (χ3v) is 7.13. The van der Waals surface area contributed by atoms with Crippen LogP contribution in [-0.4, -0.2) is 57.3 Å². The molecule has 0 rings (SSSR count). The van der Waals surface area contributed by atoms with E-state index in [1.165, 1.54) is 64.2 Å². The van der Waals surface area contributed by atoms with Gasteiger partial charge < -0.3 is 25.7 Å². The molecule has 0 aliphatic heterocycles. The van der Waals surface area contributed by atoms with E-state index in [0.717, 1.165) is 44.9 Å². The van der Waals surface area contributed by atoms with Crippen LogP contribution in [0.3, 0.4) is 0 Å². The van der Waals surface area contributed by atoms with E-state index >= 15 is 0 Å². The number of nitrogens with one attached hydrogen (secondary N) is 1. The summed E-state index contributed by atoms with van der Waals surface area (Å²) in [5, 5.41) is 43.0. The lowest BCUT2D eigenvalue weighted by molar-refractivity contribution is -0.132. The highest BCUT2D eigenvalue weighted by Crippen LogP contribution is 2.13. The minimum Gasteiger partial charge on any atom is -0.394 e. The van der Waals surface area contributed by atoms with Gasteiger partial charge in [-0.2, -0.15) is 0 Å². The molecule has 38 heavy (non-hydrogen) atoms. The minimum absolute atomic E-state index is 0.341. The van der Waals surface area contributed by atoms with Crippen molar-refractivity contribution in [1.29, 1.82) is 0 Å². The maximum Gasteiger partial charge on any atom is 0.249 e. The van der Waals surface area contributed by atoms with Crippen LogP contribution < -0.4 is 5.32 Å². The van der Waals surface area contributed by atoms with Gasteiger partial charge in [0, 0.05) is 0 Å². The number of amides is 1. The van der Waals surface area contributed by atoms with Crippen LogP contribution in [0.15, 0.2) is 24.3 Å². The standard InChI is InChI=1S/C32H61NO5/c1-3-5-7-9-11-13-14-15-16-18-19-21-23-25-29(35)31(37)28(27-34)33-32(38)30(36)26-24-22-20-17-12-10-8-6-4-2/h10,12,18-19,28-31,34-37H,3-9,11,13-17,20-27H2,1-2H3,(H,33,38)/b12-10-,19-18+. The average molecular weight is 540 g/mol. The predicted molar refractivity (Wildman–Crippen MR) is 159 cm³/mol. The maximum absolute atomic E-state index is 12.3. The molecular weight excluding hydrogens is 478 g/mol. The fourth-order valence-electron chi connectivity index (χ4n) is 4.50. The molecule has 0 aromatic carbocycles. The van der Waals surface area contributed by atoms with E-state index in [-0.39, 0.29) is 0 Å². The van der Waals surface area contributed by atoms with Crippen LogP contribution in [0.25, 0.3) is 0 Å². The van der Waals surface area contributed by atoms with Crippen molar-refractivity contribution in [2.24, 2.45) is 0 Å². The molecular formula is C32H61NO5. The Hall–Kier alpha value is -1.21. The number of carbonyl (C=O) groups excluding carboxylic acids is 1. The molecule has 0 aliphatic carbocycles. The number of allylic oxidation sites excluding steroid dienone is 4. The van der Waals surface area contributed by atoms with Crippen molar-refractivity contribution in [2.45, 2.75) is 167 Å². The van der Waals surface area contributed by atoms with Crippen molar-refractivity contribution >= 4 is 5.91 Å². The molecule has 4 atom stereocenters. The van der Waals surface area contributed by atoms with Gasteiger partial charge in [-0.25, -0.2) is 0 Å². The van der Waals surface area contributed by atoms with E-state index in [1.54, 1.807) is 0 Å². The fourth-order valence-corrected chi connectivity index (χ4v) is 4.50. The molecule has 5 N–H and O–H groups in total. The topological polar surface area (TPSA) is 110 Å². The first-order chi connectivity index (χ1) is 18.5. The van der Waals surface area contributed by atoms with Crippen LogP contribution >= 0.6 is 0 Å². The molecule has 0 saturated carbocycles. The van der Waals surface area contributed by atoms with Gasteiger partial charge >= 0.3 is 0 Å². The van der Waals surface area contributed by atoms with Gasteiger partial charge in [0.05, 0.1) is 18.8 Å². The van der Waals surface area contributed by atoms with E-state index in [4.69, 9.17) is 0 Å². The zero-order valence-corrected chi connectivity index (χ0v) is 24.7. The highest BCUT2D eigenvalue weighted by molar-refractivity contribution is 5.80. The second-order valence-corrected chi connectivity index (χ2v) is 10.8. The Labute approximate surface area is 234 Å². The summed E-state index contributed by atoms with van der Waals surface area (Å²) >= 11 is 0. The van der Waals surface area contributed by atoms with Crippen LogP contribution in [0.1, 0.15) is 142 Å². The third kappa shape index (κ3) is 21.7. The molecule has 0 saturated heterocycles. The van der Waals surface area contributed by atoms with Crippen molar-refractivity contribution in [3.8, 4) is 0 Å². The Kier molecular flexibility index (Phi) is 26.5. The summed E-state index contributed by atoms with van der Waals surface area (Å²) in [7, 11) is 0. The largest absolute Gasteiger partial charge is 0.394 e. The van der Waals surface area contributed by atoms with Gasteiger partial charge in [0.2, 0.25) is 5.91 Å². The van der Waals surface area contributed by atoms with Crippen molar-refractivity contribution in [2.75, 3.05) is 6.61 Å². The van der Waals surface area contributed by atoms with Gasteiger partial charge in [0.15, 0.2) is 0 Å². The van der Waals surface area contributed by atoms with E-state index in [9.17, 15) is 25.2 Å². The molecule has 0 fully saturated rings. The van der Waals surface area contributed by atoms with Crippen LogP contribution in [0.2, 0.25) is 0 Å². The van der Waals surface area contributed by atoms with Gasteiger partial charge in [-0.3, -0.25) is 4.79 Å². The Morgan fingerprint density at radius 2 is 1.11 bits per heavy atom. The summed E-state index contributed by atoms with van der Waals surface area (Å²) in [5.41, 5.74) is 0. The SMILES string of the molecule is CCCC/C=C\CCCCCC(O)C(=O)NC(CO)C(O)C(O)CCC/C=C/CCCCCCCCCC. The van der Waals surface area contributed by atoms with E-state index in [2.05, 4.69) is 43.5 Å². The minimum atomic E-state index is -1.28. The first-order valence-corrected chi connectivity index (χ1v) is 15.7. The summed E-state index contributed by atoms with van der Waals surface area (Å²) in [6.45, 7) is 3.92. The first-order valence-electron chi connectivity index (χ1n) is 15.7. The summed E-state index contributed by atoms with van der Waals surface area (Å²) in [5.74, 6) is -0.612. The normalized spacial score (nSPS) is 15.2. The molecule has 6 heteroatoms. The van der Waals surface area contributed by atoms with Crippen LogP contribution in [0.5, 0.6) is 0 Å². The number of rotatable bonds is 27. The summed E-state index contributed by atoms with van der Waals surface area (Å²) in [6, 6.07) is -1.00. The molecule has 0 heterocycles. The molecule has 0 aromatic heterocycles. The van der Waals surface area contributed by atoms with Crippen LogP contribution in [-0.2, 0) is 4.79 Å². The fraction of sp³-hybridized carbons (Fsp3) is 0.844. The molecule has 0 aromatic rings. The van der Waals surface area contributed by atoms with Gasteiger partial charge in [-0.05, 0) is 57.8 Å². The van der Waals surface area contributed by atoms with E-state index in [1.807, 2.05) is 0 Å². The zero-order valence-electron chi connectivity index (χ0n) is 24.7. The first kappa shape index (κ1) is 36.8. The number of aliphatic hydroxyl groups is 4. The number of hydrogen-bond acceptors (Lipinski definition) is 5. The van der Waals surface area contributed by atoms with Gasteiger partial charge in [0.1, 0.15) is 12.2 Å². The lowest BCUT2D eigenvalue weighted by Crippen LogP contribution is -2.53. The smallest absolute Gasteiger partial charge is 0.249 e. The lowest BCUT2D eigenvalue weighted by atomic mass is 10.00. The van der Waals surface area contributed by atoms with Gasteiger partial charge in [-0.1, -0.05) is 109 Å². The molecule has 224 valence electrons. The molecule has 4 unspecified atom stereocenters. The summed E-state index contributed by atoms with van der Waals surface area (Å²) < 4.78 is 0. The van der Waals surface area contributed by atoms with Crippen molar-refractivity contribution in [3.63, 3.8) is 0 Å². The summed E-state index contributed by atoms with van der Waals surface area (Å²) in [6.07, 6.45) is 26.3. The predicted octanol–water partition coefficient (Wildman–Crippen LogP) is 6.50. The second-order valence-electron chi connectivity index (χ2n) is 10.8. The van der Waals surface area contributed by atoms with E-state index in [0.29, 0.717) is 19.3 Å². The Morgan fingerprint density at radius 3 is 1.66 bits per heavy atom. The van der Waals surface area contributed by atoms with Crippen molar-refractivity contribution in [1.82, 2.24) is 5.32 Å².